The van der Waals surface area contributed by atoms with Crippen LogP contribution in [0.3, 0.4) is 0 Å². The summed E-state index contributed by atoms with van der Waals surface area (Å²) in [7, 11) is 1.59. The second-order valence-electron chi connectivity index (χ2n) is 5.44. The molecule has 134 valence electrons. The number of phenolic OH excluding ortho intramolecular Hbond substituents is 1. The van der Waals surface area contributed by atoms with Gasteiger partial charge in [0.1, 0.15) is 16.8 Å². The fraction of sp³-hybridized carbons (Fsp3) is 0.0526. The summed E-state index contributed by atoms with van der Waals surface area (Å²) in [5.74, 6) is 0.312. The lowest BCUT2D eigenvalue weighted by molar-refractivity contribution is -0.385. The third-order valence-electron chi connectivity index (χ3n) is 3.75. The molecule has 3 aromatic rings. The second kappa shape index (κ2) is 7.68. The van der Waals surface area contributed by atoms with Crippen molar-refractivity contribution in [3.63, 3.8) is 0 Å². The number of thiazole rings is 1. The highest BCUT2D eigenvalue weighted by atomic mass is 32.1. The largest absolute Gasteiger partial charge is 0.502 e. The Hall–Kier alpha value is -3.70. The lowest BCUT2D eigenvalue weighted by atomic mass is 10.1. The number of aromatic hydroxyl groups is 1. The van der Waals surface area contributed by atoms with Gasteiger partial charge in [0.2, 0.25) is 0 Å². The van der Waals surface area contributed by atoms with E-state index in [-0.39, 0.29) is 5.57 Å². The summed E-state index contributed by atoms with van der Waals surface area (Å²) in [6.45, 7) is 0. The van der Waals surface area contributed by atoms with E-state index in [0.29, 0.717) is 10.6 Å². The SMILES string of the molecule is COc1ccc(-c2csc(C(C#N)=Cc3ccc(O)c([N+](=O)[O-])c3)n2)cc1. The molecular weight excluding hydrogens is 366 g/mol. The zero-order valence-electron chi connectivity index (χ0n) is 14.1. The van der Waals surface area contributed by atoms with E-state index in [1.807, 2.05) is 29.6 Å². The number of nitro benzene ring substituents is 1. The molecule has 0 saturated carbocycles. The summed E-state index contributed by atoms with van der Waals surface area (Å²) < 4.78 is 5.13. The number of nitrogens with zero attached hydrogens (tertiary/aromatic N) is 3. The molecule has 27 heavy (non-hydrogen) atoms. The van der Waals surface area contributed by atoms with Crippen LogP contribution in [0.1, 0.15) is 10.6 Å². The number of nitriles is 1. The molecule has 1 heterocycles. The second-order valence-corrected chi connectivity index (χ2v) is 6.30. The van der Waals surface area contributed by atoms with Crippen LogP contribution < -0.4 is 4.74 Å². The van der Waals surface area contributed by atoms with Crippen molar-refractivity contribution < 1.29 is 14.8 Å². The van der Waals surface area contributed by atoms with Crippen molar-refractivity contribution in [2.45, 2.75) is 0 Å². The number of ether oxygens (including phenoxy) is 1. The molecule has 0 aliphatic heterocycles. The van der Waals surface area contributed by atoms with Gasteiger partial charge in [0.15, 0.2) is 5.75 Å². The van der Waals surface area contributed by atoms with Gasteiger partial charge in [0.05, 0.1) is 23.3 Å². The Labute approximate surface area is 158 Å². The maximum atomic E-state index is 10.9. The highest BCUT2D eigenvalue weighted by Gasteiger charge is 2.14. The Morgan fingerprint density at radius 2 is 2.07 bits per heavy atom. The fourth-order valence-electron chi connectivity index (χ4n) is 2.38. The molecule has 0 amide bonds. The van der Waals surface area contributed by atoms with Crippen molar-refractivity contribution in [1.29, 1.82) is 5.26 Å². The van der Waals surface area contributed by atoms with E-state index < -0.39 is 16.4 Å². The number of aromatic nitrogens is 1. The smallest absolute Gasteiger partial charge is 0.311 e. The van der Waals surface area contributed by atoms with E-state index >= 15 is 0 Å². The molecule has 1 N–H and O–H groups in total. The zero-order valence-corrected chi connectivity index (χ0v) is 14.9. The van der Waals surface area contributed by atoms with Crippen LogP contribution in [0.2, 0.25) is 0 Å². The highest BCUT2D eigenvalue weighted by Crippen LogP contribution is 2.30. The van der Waals surface area contributed by atoms with E-state index in [0.717, 1.165) is 17.0 Å². The number of hydrogen-bond acceptors (Lipinski definition) is 7. The monoisotopic (exact) mass is 379 g/mol. The Morgan fingerprint density at radius 3 is 2.70 bits per heavy atom. The van der Waals surface area contributed by atoms with Gasteiger partial charge in [-0.3, -0.25) is 10.1 Å². The molecule has 0 spiro atoms. The Morgan fingerprint density at radius 1 is 1.33 bits per heavy atom. The molecule has 8 heteroatoms. The molecule has 0 unspecified atom stereocenters. The van der Waals surface area contributed by atoms with Gasteiger partial charge in [-0.05, 0) is 42.0 Å². The minimum atomic E-state index is -0.677. The van der Waals surface area contributed by atoms with Crippen molar-refractivity contribution in [2.75, 3.05) is 7.11 Å². The maximum absolute atomic E-state index is 10.9. The van der Waals surface area contributed by atoms with Crippen molar-refractivity contribution >= 4 is 28.7 Å². The van der Waals surface area contributed by atoms with Gasteiger partial charge in [-0.15, -0.1) is 11.3 Å². The van der Waals surface area contributed by atoms with Crippen LogP contribution in [0.4, 0.5) is 5.69 Å². The molecule has 2 aromatic carbocycles. The van der Waals surface area contributed by atoms with Crippen molar-refractivity contribution in [3.8, 4) is 28.8 Å². The summed E-state index contributed by atoms with van der Waals surface area (Å²) in [4.78, 5) is 14.8. The molecule has 1 aromatic heterocycles. The Balaban J connectivity index is 1.93. The van der Waals surface area contributed by atoms with Gasteiger partial charge in [0, 0.05) is 17.0 Å². The van der Waals surface area contributed by atoms with Gasteiger partial charge in [-0.2, -0.15) is 5.26 Å². The molecule has 0 fully saturated rings. The minimum absolute atomic E-state index is 0.278. The van der Waals surface area contributed by atoms with E-state index in [1.165, 1.54) is 35.6 Å². The zero-order chi connectivity index (χ0) is 19.4. The van der Waals surface area contributed by atoms with Crippen molar-refractivity contribution in [2.24, 2.45) is 0 Å². The van der Waals surface area contributed by atoms with Gasteiger partial charge in [-0.1, -0.05) is 6.07 Å². The average Bonchev–Trinajstić information content (AvgIpc) is 3.17. The lowest BCUT2D eigenvalue weighted by Crippen LogP contribution is -1.89. The summed E-state index contributed by atoms with van der Waals surface area (Å²) in [5.41, 5.74) is 1.89. The number of methoxy groups -OCH3 is 1. The fourth-order valence-corrected chi connectivity index (χ4v) is 3.17. The van der Waals surface area contributed by atoms with Gasteiger partial charge in [-0.25, -0.2) is 4.98 Å². The molecule has 3 rings (SSSR count). The van der Waals surface area contributed by atoms with Crippen LogP contribution >= 0.6 is 11.3 Å². The number of allylic oxidation sites excluding steroid dienone is 1. The van der Waals surface area contributed by atoms with Crippen LogP contribution in [-0.4, -0.2) is 22.1 Å². The van der Waals surface area contributed by atoms with Crippen LogP contribution in [0.15, 0.2) is 47.8 Å². The number of phenols is 1. The van der Waals surface area contributed by atoms with Gasteiger partial charge in [0.25, 0.3) is 0 Å². The van der Waals surface area contributed by atoms with Crippen molar-refractivity contribution in [1.82, 2.24) is 4.98 Å². The van der Waals surface area contributed by atoms with E-state index in [2.05, 4.69) is 11.1 Å². The molecule has 0 bridgehead atoms. The Kier molecular flexibility index (Phi) is 5.15. The normalized spacial score (nSPS) is 11.0. The quantitative estimate of drug-likeness (QED) is 0.397. The Bertz CT molecular complexity index is 1070. The first-order valence-electron chi connectivity index (χ1n) is 7.71. The first-order valence-corrected chi connectivity index (χ1v) is 8.59. The number of rotatable bonds is 5. The lowest BCUT2D eigenvalue weighted by Gasteiger charge is -2.00. The summed E-state index contributed by atoms with van der Waals surface area (Å²) in [5, 5.41) is 32.3. The first kappa shape index (κ1) is 18.1. The van der Waals surface area contributed by atoms with E-state index in [4.69, 9.17) is 4.74 Å². The molecule has 7 nitrogen and oxygen atoms in total. The standard InChI is InChI=1S/C19H13N3O4S/c1-26-15-5-3-13(4-6-15)16-11-27-19(21-16)14(10-20)8-12-2-7-18(23)17(9-12)22(24)25/h2-9,11,23H,1H3. The van der Waals surface area contributed by atoms with Gasteiger partial charge >= 0.3 is 5.69 Å². The molecule has 0 atom stereocenters. The topological polar surface area (TPSA) is 109 Å². The predicted molar refractivity (Wildman–Crippen MR) is 102 cm³/mol. The number of nitro groups is 1. The maximum Gasteiger partial charge on any atom is 0.311 e. The summed E-state index contributed by atoms with van der Waals surface area (Å²) in [6, 6.07) is 13.4. The first-order chi connectivity index (χ1) is 13.0. The third kappa shape index (κ3) is 3.94. The van der Waals surface area contributed by atoms with Crippen molar-refractivity contribution in [3.05, 3.63) is 68.5 Å². The molecule has 0 aliphatic carbocycles. The predicted octanol–water partition coefficient (Wildman–Crippen LogP) is 4.50. The molecule has 0 radical (unpaired) electrons. The highest BCUT2D eigenvalue weighted by molar-refractivity contribution is 7.11. The van der Waals surface area contributed by atoms with Crippen LogP contribution in [0, 0.1) is 21.4 Å². The summed E-state index contributed by atoms with van der Waals surface area (Å²) >= 11 is 1.30. The third-order valence-corrected chi connectivity index (χ3v) is 4.62. The van der Waals surface area contributed by atoms with Crippen LogP contribution in [-0.2, 0) is 0 Å². The molecule has 0 aliphatic rings. The summed E-state index contributed by atoms with van der Waals surface area (Å²) in [6.07, 6.45) is 1.50. The average molecular weight is 379 g/mol. The van der Waals surface area contributed by atoms with E-state index in [1.54, 1.807) is 7.11 Å². The van der Waals surface area contributed by atoms with E-state index in [9.17, 15) is 20.5 Å². The molecule has 0 saturated heterocycles. The van der Waals surface area contributed by atoms with Gasteiger partial charge < -0.3 is 9.84 Å². The molecular formula is C19H13N3O4S. The number of hydrogen-bond donors (Lipinski definition) is 1. The van der Waals surface area contributed by atoms with Crippen LogP contribution in [0.25, 0.3) is 22.9 Å². The minimum Gasteiger partial charge on any atom is -0.502 e. The number of benzene rings is 2. The van der Waals surface area contributed by atoms with Crippen LogP contribution in [0.5, 0.6) is 11.5 Å².